The second-order valence-corrected chi connectivity index (χ2v) is 3.73. The molecule has 0 aliphatic heterocycles. The number of carbonyl (C=O) groups is 2. The first-order valence-corrected chi connectivity index (χ1v) is 5.81. The van der Waals surface area contributed by atoms with E-state index in [0.717, 1.165) is 6.42 Å². The van der Waals surface area contributed by atoms with E-state index in [-0.39, 0.29) is 24.5 Å². The van der Waals surface area contributed by atoms with Crippen molar-refractivity contribution < 1.29 is 14.7 Å². The van der Waals surface area contributed by atoms with Crippen LogP contribution in [0.1, 0.15) is 39.5 Å². The van der Waals surface area contributed by atoms with Gasteiger partial charge in [-0.25, -0.2) is 0 Å². The molecule has 0 aliphatic rings. The van der Waals surface area contributed by atoms with Gasteiger partial charge < -0.3 is 15.7 Å². The fraction of sp³-hybridized carbons (Fsp3) is 0.818. The predicted molar refractivity (Wildman–Crippen MR) is 61.8 cm³/mol. The lowest BCUT2D eigenvalue weighted by Crippen LogP contribution is -2.37. The summed E-state index contributed by atoms with van der Waals surface area (Å²) in [7, 11) is 0. The van der Waals surface area contributed by atoms with Crippen molar-refractivity contribution in [1.29, 1.82) is 0 Å². The molecule has 0 aromatic carbocycles. The summed E-state index contributed by atoms with van der Waals surface area (Å²) < 4.78 is 0. The van der Waals surface area contributed by atoms with E-state index in [2.05, 4.69) is 10.6 Å². The molecule has 0 radical (unpaired) electrons. The Morgan fingerprint density at radius 3 is 2.44 bits per heavy atom. The van der Waals surface area contributed by atoms with Crippen LogP contribution in [0.2, 0.25) is 0 Å². The number of carbonyl (C=O) groups excluding carboxylic acids is 2. The van der Waals surface area contributed by atoms with Crippen molar-refractivity contribution in [3.63, 3.8) is 0 Å². The van der Waals surface area contributed by atoms with E-state index in [4.69, 9.17) is 0 Å². The number of amides is 2. The molecule has 0 saturated carbocycles. The monoisotopic (exact) mass is 230 g/mol. The average molecular weight is 230 g/mol. The number of nitrogens with one attached hydrogen (secondary N) is 2. The van der Waals surface area contributed by atoms with Gasteiger partial charge in [0.1, 0.15) is 0 Å². The third kappa shape index (κ3) is 8.23. The van der Waals surface area contributed by atoms with Crippen LogP contribution >= 0.6 is 0 Å². The molecule has 1 atom stereocenters. The van der Waals surface area contributed by atoms with Gasteiger partial charge in [-0.1, -0.05) is 13.8 Å². The highest BCUT2D eigenvalue weighted by Crippen LogP contribution is 1.93. The molecule has 0 aromatic rings. The Hall–Kier alpha value is -1.10. The largest absolute Gasteiger partial charge is 0.393 e. The summed E-state index contributed by atoms with van der Waals surface area (Å²) in [5.41, 5.74) is 0. The molecule has 5 nitrogen and oxygen atoms in total. The van der Waals surface area contributed by atoms with Crippen molar-refractivity contribution in [2.45, 2.75) is 45.6 Å². The Bertz CT molecular complexity index is 219. The normalized spacial score (nSPS) is 11.9. The molecule has 0 fully saturated rings. The highest BCUT2D eigenvalue weighted by atomic mass is 16.3. The Labute approximate surface area is 96.6 Å². The third-order valence-electron chi connectivity index (χ3n) is 2.19. The second kappa shape index (κ2) is 9.15. The van der Waals surface area contributed by atoms with Crippen molar-refractivity contribution in [1.82, 2.24) is 10.6 Å². The third-order valence-corrected chi connectivity index (χ3v) is 2.19. The summed E-state index contributed by atoms with van der Waals surface area (Å²) in [5.74, 6) is -0.320. The second-order valence-electron chi connectivity index (χ2n) is 3.73. The summed E-state index contributed by atoms with van der Waals surface area (Å²) in [6, 6.07) is 0. The topological polar surface area (TPSA) is 78.4 Å². The van der Waals surface area contributed by atoms with Gasteiger partial charge in [-0.2, -0.15) is 0 Å². The van der Waals surface area contributed by atoms with Gasteiger partial charge >= 0.3 is 0 Å². The van der Waals surface area contributed by atoms with E-state index in [1.54, 1.807) is 0 Å². The van der Waals surface area contributed by atoms with Gasteiger partial charge in [0.25, 0.3) is 0 Å². The molecule has 3 N–H and O–H groups in total. The molecule has 2 amide bonds. The zero-order chi connectivity index (χ0) is 12.4. The van der Waals surface area contributed by atoms with Crippen LogP contribution in [0.25, 0.3) is 0 Å². The minimum atomic E-state index is -0.366. The lowest BCUT2D eigenvalue weighted by molar-refractivity contribution is -0.126. The fourth-order valence-electron chi connectivity index (χ4n) is 1.14. The zero-order valence-corrected chi connectivity index (χ0v) is 10.1. The maximum Gasteiger partial charge on any atom is 0.239 e. The molecule has 0 spiro atoms. The summed E-state index contributed by atoms with van der Waals surface area (Å²) in [6.07, 6.45) is 2.08. The van der Waals surface area contributed by atoms with Crippen molar-refractivity contribution in [2.75, 3.05) is 13.1 Å². The molecular formula is C11H22N2O3. The smallest absolute Gasteiger partial charge is 0.239 e. The Morgan fingerprint density at radius 1 is 1.19 bits per heavy atom. The first-order valence-electron chi connectivity index (χ1n) is 5.81. The summed E-state index contributed by atoms with van der Waals surface area (Å²) >= 11 is 0. The Balaban J connectivity index is 3.48. The fourth-order valence-corrected chi connectivity index (χ4v) is 1.14. The van der Waals surface area contributed by atoms with Crippen LogP contribution in [0.15, 0.2) is 0 Å². The number of aliphatic hydroxyl groups excluding tert-OH is 1. The molecule has 0 saturated heterocycles. The zero-order valence-electron chi connectivity index (χ0n) is 10.1. The average Bonchev–Trinajstić information content (AvgIpc) is 2.26. The maximum absolute atomic E-state index is 11.2. The Morgan fingerprint density at radius 2 is 1.88 bits per heavy atom. The summed E-state index contributed by atoms with van der Waals surface area (Å²) in [6.45, 7) is 4.25. The van der Waals surface area contributed by atoms with Gasteiger partial charge in [0, 0.05) is 13.0 Å². The van der Waals surface area contributed by atoms with Gasteiger partial charge in [0.15, 0.2) is 0 Å². The summed E-state index contributed by atoms with van der Waals surface area (Å²) in [4.78, 5) is 22.3. The SMILES string of the molecule is CCCC(=O)NCC(=O)NCCC(O)CC. The molecule has 0 rings (SSSR count). The van der Waals surface area contributed by atoms with Gasteiger partial charge in [-0.3, -0.25) is 9.59 Å². The molecule has 0 aromatic heterocycles. The van der Waals surface area contributed by atoms with Crippen molar-refractivity contribution in [3.8, 4) is 0 Å². The molecule has 0 heterocycles. The highest BCUT2D eigenvalue weighted by molar-refractivity contribution is 5.84. The standard InChI is InChI=1S/C11H22N2O3/c1-3-5-10(15)13-8-11(16)12-7-6-9(14)4-2/h9,14H,3-8H2,1-2H3,(H,12,16)(H,13,15). The molecule has 94 valence electrons. The number of hydrogen-bond donors (Lipinski definition) is 3. The van der Waals surface area contributed by atoms with Crippen LogP contribution in [-0.2, 0) is 9.59 Å². The van der Waals surface area contributed by atoms with Crippen molar-refractivity contribution in [3.05, 3.63) is 0 Å². The maximum atomic E-state index is 11.2. The molecule has 16 heavy (non-hydrogen) atoms. The summed E-state index contributed by atoms with van der Waals surface area (Å²) in [5, 5.41) is 14.4. The van der Waals surface area contributed by atoms with Gasteiger partial charge in [-0.05, 0) is 19.3 Å². The van der Waals surface area contributed by atoms with E-state index < -0.39 is 0 Å². The van der Waals surface area contributed by atoms with Gasteiger partial charge in [0.2, 0.25) is 11.8 Å². The van der Waals surface area contributed by atoms with Crippen LogP contribution in [0.5, 0.6) is 0 Å². The van der Waals surface area contributed by atoms with Crippen molar-refractivity contribution >= 4 is 11.8 Å². The Kier molecular flexibility index (Phi) is 8.52. The van der Waals surface area contributed by atoms with Crippen molar-refractivity contribution in [2.24, 2.45) is 0 Å². The van der Waals surface area contributed by atoms with Crippen LogP contribution in [0.4, 0.5) is 0 Å². The number of rotatable bonds is 8. The molecule has 1 unspecified atom stereocenters. The minimum absolute atomic E-state index is 0.0149. The van der Waals surface area contributed by atoms with E-state index in [9.17, 15) is 14.7 Å². The highest BCUT2D eigenvalue weighted by Gasteiger charge is 2.05. The predicted octanol–water partition coefficient (Wildman–Crippen LogP) is 0.180. The van der Waals surface area contributed by atoms with Crippen LogP contribution in [0, 0.1) is 0 Å². The number of hydrogen-bond acceptors (Lipinski definition) is 3. The lowest BCUT2D eigenvalue weighted by Gasteiger charge is -2.09. The van der Waals surface area contributed by atoms with E-state index in [1.807, 2.05) is 13.8 Å². The van der Waals surface area contributed by atoms with E-state index in [1.165, 1.54) is 0 Å². The van der Waals surface area contributed by atoms with Crippen LogP contribution in [-0.4, -0.2) is 36.1 Å². The minimum Gasteiger partial charge on any atom is -0.393 e. The molecule has 0 aliphatic carbocycles. The van der Waals surface area contributed by atoms with Crippen LogP contribution < -0.4 is 10.6 Å². The van der Waals surface area contributed by atoms with Crippen LogP contribution in [0.3, 0.4) is 0 Å². The number of aliphatic hydroxyl groups is 1. The quantitative estimate of drug-likeness (QED) is 0.556. The first-order chi connectivity index (χ1) is 7.60. The first kappa shape index (κ1) is 14.9. The molecule has 5 heteroatoms. The van der Waals surface area contributed by atoms with Gasteiger partial charge in [0.05, 0.1) is 12.6 Å². The molecule has 0 bridgehead atoms. The van der Waals surface area contributed by atoms with E-state index in [0.29, 0.717) is 25.8 Å². The molecular weight excluding hydrogens is 208 g/mol. The van der Waals surface area contributed by atoms with E-state index >= 15 is 0 Å². The lowest BCUT2D eigenvalue weighted by atomic mass is 10.2. The van der Waals surface area contributed by atoms with Gasteiger partial charge in [-0.15, -0.1) is 0 Å².